The molecule has 0 radical (unpaired) electrons. The summed E-state index contributed by atoms with van der Waals surface area (Å²) in [6.07, 6.45) is 1.04. The van der Waals surface area contributed by atoms with Gasteiger partial charge in [0.05, 0.1) is 12.0 Å². The molecule has 0 amide bonds. The Hall–Kier alpha value is -2.25. The Morgan fingerprint density at radius 1 is 1.04 bits per heavy atom. The fraction of sp³-hybridized carbons (Fsp3) is 0.368. The molecule has 0 unspecified atom stereocenters. The van der Waals surface area contributed by atoms with Crippen LogP contribution in [0.3, 0.4) is 0 Å². The van der Waals surface area contributed by atoms with Crippen LogP contribution in [0.5, 0.6) is 5.75 Å². The molecular formula is C19H27N3O3S. The molecule has 2 rings (SSSR count). The number of methoxy groups -OCH3 is 1. The van der Waals surface area contributed by atoms with Crippen LogP contribution in [0.4, 0.5) is 11.4 Å². The average Bonchev–Trinajstić information content (AvgIpc) is 2.59. The molecule has 0 spiro atoms. The van der Waals surface area contributed by atoms with Crippen LogP contribution in [-0.4, -0.2) is 47.6 Å². The minimum atomic E-state index is -3.64. The number of hydrogen-bond acceptors (Lipinski definition) is 5. The second-order valence-electron chi connectivity index (χ2n) is 6.40. The van der Waals surface area contributed by atoms with E-state index in [4.69, 9.17) is 4.74 Å². The first-order valence-electron chi connectivity index (χ1n) is 8.48. The highest BCUT2D eigenvalue weighted by Crippen LogP contribution is 2.24. The molecule has 0 aliphatic rings. The van der Waals surface area contributed by atoms with Crippen molar-refractivity contribution in [2.75, 3.05) is 44.3 Å². The summed E-state index contributed by atoms with van der Waals surface area (Å²) in [5.41, 5.74) is 2.13. The minimum absolute atomic E-state index is 0.240. The molecule has 7 heteroatoms. The normalized spacial score (nSPS) is 11.4. The molecule has 0 saturated heterocycles. The molecule has 2 aromatic rings. The van der Waals surface area contributed by atoms with Crippen molar-refractivity contribution in [3.05, 3.63) is 48.0 Å². The third kappa shape index (κ3) is 5.64. The van der Waals surface area contributed by atoms with E-state index in [9.17, 15) is 8.42 Å². The molecule has 0 fully saturated rings. The van der Waals surface area contributed by atoms with E-state index in [1.165, 1.54) is 0 Å². The molecule has 26 heavy (non-hydrogen) atoms. The Morgan fingerprint density at radius 3 is 2.27 bits per heavy atom. The summed E-state index contributed by atoms with van der Waals surface area (Å²) in [7, 11) is 2.00. The molecule has 0 aromatic heterocycles. The lowest BCUT2D eigenvalue weighted by Crippen LogP contribution is -2.16. The van der Waals surface area contributed by atoms with Gasteiger partial charge in [-0.05, 0) is 82.0 Å². The molecule has 0 heterocycles. The third-order valence-electron chi connectivity index (χ3n) is 3.92. The van der Waals surface area contributed by atoms with Crippen molar-refractivity contribution in [2.24, 2.45) is 0 Å². The summed E-state index contributed by atoms with van der Waals surface area (Å²) in [6, 6.07) is 12.1. The van der Waals surface area contributed by atoms with E-state index in [1.54, 1.807) is 44.4 Å². The number of aryl methyl sites for hydroxylation is 1. The molecule has 0 aliphatic carbocycles. The van der Waals surface area contributed by atoms with Crippen LogP contribution in [0.2, 0.25) is 0 Å². The van der Waals surface area contributed by atoms with Crippen LogP contribution in [0, 0.1) is 6.92 Å². The van der Waals surface area contributed by atoms with Crippen LogP contribution < -0.4 is 14.8 Å². The van der Waals surface area contributed by atoms with Crippen molar-refractivity contribution < 1.29 is 13.2 Å². The lowest BCUT2D eigenvalue weighted by molar-refractivity contribution is 0.405. The van der Waals surface area contributed by atoms with Crippen LogP contribution >= 0.6 is 0 Å². The number of hydrogen-bond donors (Lipinski definition) is 2. The smallest absolute Gasteiger partial charge is 0.262 e. The van der Waals surface area contributed by atoms with E-state index < -0.39 is 10.0 Å². The molecule has 0 atom stereocenters. The van der Waals surface area contributed by atoms with Crippen molar-refractivity contribution in [3.8, 4) is 5.75 Å². The summed E-state index contributed by atoms with van der Waals surface area (Å²) in [4.78, 5) is 2.38. The molecule has 142 valence electrons. The van der Waals surface area contributed by atoms with E-state index in [-0.39, 0.29) is 4.90 Å². The number of nitrogens with zero attached hydrogens (tertiary/aromatic N) is 1. The Kier molecular flexibility index (Phi) is 6.88. The fourth-order valence-electron chi connectivity index (χ4n) is 2.54. The summed E-state index contributed by atoms with van der Waals surface area (Å²) in [5, 5.41) is 3.33. The van der Waals surface area contributed by atoms with Crippen LogP contribution in [0.25, 0.3) is 0 Å². The number of anilines is 2. The zero-order valence-electron chi connectivity index (χ0n) is 15.7. The standard InChI is InChI=1S/C19H27N3O3S/c1-15-14-18(25-4)10-11-19(15)26(23,24)21-17-8-6-16(7-9-17)20-12-5-13-22(2)3/h6-11,14,20-21H,5,12-13H2,1-4H3. The number of rotatable bonds is 9. The lowest BCUT2D eigenvalue weighted by Gasteiger charge is -2.13. The first kappa shape index (κ1) is 20.1. The highest BCUT2D eigenvalue weighted by molar-refractivity contribution is 7.92. The molecule has 0 bridgehead atoms. The number of sulfonamides is 1. The van der Waals surface area contributed by atoms with Crippen LogP contribution in [0.1, 0.15) is 12.0 Å². The highest BCUT2D eigenvalue weighted by Gasteiger charge is 2.17. The van der Waals surface area contributed by atoms with Gasteiger partial charge in [0.1, 0.15) is 5.75 Å². The van der Waals surface area contributed by atoms with E-state index in [0.29, 0.717) is 17.0 Å². The van der Waals surface area contributed by atoms with Crippen molar-refractivity contribution >= 4 is 21.4 Å². The maximum atomic E-state index is 12.6. The SMILES string of the molecule is COc1ccc(S(=O)(=O)Nc2ccc(NCCCN(C)C)cc2)c(C)c1. The summed E-state index contributed by atoms with van der Waals surface area (Å²) < 4.78 is 33.0. The van der Waals surface area contributed by atoms with Gasteiger partial charge in [-0.2, -0.15) is 0 Å². The summed E-state index contributed by atoms with van der Waals surface area (Å²) in [6.45, 7) is 3.64. The van der Waals surface area contributed by atoms with Crippen molar-refractivity contribution in [1.82, 2.24) is 4.90 Å². The van der Waals surface area contributed by atoms with Gasteiger partial charge < -0.3 is 15.0 Å². The van der Waals surface area contributed by atoms with E-state index in [2.05, 4.69) is 14.9 Å². The summed E-state index contributed by atoms with van der Waals surface area (Å²) >= 11 is 0. The third-order valence-corrected chi connectivity index (χ3v) is 5.46. The monoisotopic (exact) mass is 377 g/mol. The van der Waals surface area contributed by atoms with Gasteiger partial charge in [0.15, 0.2) is 0 Å². The highest BCUT2D eigenvalue weighted by atomic mass is 32.2. The van der Waals surface area contributed by atoms with E-state index in [1.807, 2.05) is 26.2 Å². The van der Waals surface area contributed by atoms with E-state index in [0.717, 1.165) is 25.2 Å². The fourth-order valence-corrected chi connectivity index (χ4v) is 3.83. The van der Waals surface area contributed by atoms with Gasteiger partial charge >= 0.3 is 0 Å². The first-order chi connectivity index (χ1) is 12.3. The topological polar surface area (TPSA) is 70.7 Å². The Balaban J connectivity index is 2.01. The van der Waals surface area contributed by atoms with Gasteiger partial charge in [0.2, 0.25) is 0 Å². The van der Waals surface area contributed by atoms with Crippen LogP contribution in [0.15, 0.2) is 47.4 Å². The second-order valence-corrected chi connectivity index (χ2v) is 8.05. The molecule has 2 N–H and O–H groups in total. The maximum absolute atomic E-state index is 12.6. The van der Waals surface area contributed by atoms with Crippen molar-refractivity contribution in [3.63, 3.8) is 0 Å². The van der Waals surface area contributed by atoms with Crippen LogP contribution in [-0.2, 0) is 10.0 Å². The predicted octanol–water partition coefficient (Wildman–Crippen LogP) is 3.17. The van der Waals surface area contributed by atoms with Gasteiger partial charge in [-0.15, -0.1) is 0 Å². The van der Waals surface area contributed by atoms with Crippen molar-refractivity contribution in [2.45, 2.75) is 18.2 Å². The quantitative estimate of drug-likeness (QED) is 0.657. The number of nitrogens with one attached hydrogen (secondary N) is 2. The van der Waals surface area contributed by atoms with E-state index >= 15 is 0 Å². The van der Waals surface area contributed by atoms with Gasteiger partial charge in [0, 0.05) is 17.9 Å². The first-order valence-corrected chi connectivity index (χ1v) is 9.96. The molecular weight excluding hydrogens is 350 g/mol. The lowest BCUT2D eigenvalue weighted by atomic mass is 10.2. The number of benzene rings is 2. The average molecular weight is 378 g/mol. The minimum Gasteiger partial charge on any atom is -0.497 e. The van der Waals surface area contributed by atoms with Gasteiger partial charge in [-0.25, -0.2) is 8.42 Å². The number of ether oxygens (including phenoxy) is 1. The molecule has 6 nitrogen and oxygen atoms in total. The molecule has 0 saturated carbocycles. The zero-order chi connectivity index (χ0) is 19.2. The Labute approximate surface area is 156 Å². The zero-order valence-corrected chi connectivity index (χ0v) is 16.6. The van der Waals surface area contributed by atoms with Gasteiger partial charge in [-0.3, -0.25) is 4.72 Å². The largest absolute Gasteiger partial charge is 0.497 e. The molecule has 0 aliphatic heterocycles. The van der Waals surface area contributed by atoms with Gasteiger partial charge in [-0.1, -0.05) is 0 Å². The molecule has 2 aromatic carbocycles. The predicted molar refractivity (Wildman–Crippen MR) is 107 cm³/mol. The Bertz CT molecular complexity index is 818. The second kappa shape index (κ2) is 8.91. The van der Waals surface area contributed by atoms with Crippen molar-refractivity contribution in [1.29, 1.82) is 0 Å². The maximum Gasteiger partial charge on any atom is 0.262 e. The Morgan fingerprint density at radius 2 is 1.69 bits per heavy atom. The summed E-state index contributed by atoms with van der Waals surface area (Å²) in [5.74, 6) is 0.631. The van der Waals surface area contributed by atoms with Gasteiger partial charge in [0.25, 0.3) is 10.0 Å².